The van der Waals surface area contributed by atoms with Crippen molar-refractivity contribution in [2.75, 3.05) is 16.8 Å². The summed E-state index contributed by atoms with van der Waals surface area (Å²) in [7, 11) is 0. The number of anilines is 3. The molecule has 0 radical (unpaired) electrons. The number of hydrogen-bond acceptors (Lipinski definition) is 8. The number of hydrogen-bond donors (Lipinski definition) is 2. The minimum atomic E-state index is -0.544. The quantitative estimate of drug-likeness (QED) is 0.481. The van der Waals surface area contributed by atoms with E-state index >= 15 is 0 Å². The van der Waals surface area contributed by atoms with Crippen molar-refractivity contribution < 1.29 is 8.91 Å². The highest BCUT2D eigenvalue weighted by Crippen LogP contribution is 2.36. The van der Waals surface area contributed by atoms with Crippen molar-refractivity contribution in [3.8, 4) is 11.4 Å². The smallest absolute Gasteiger partial charge is 0.228 e. The number of aromatic amines is 1. The molecule has 4 aromatic heterocycles. The van der Waals surface area contributed by atoms with Crippen molar-refractivity contribution in [2.24, 2.45) is 0 Å². The van der Waals surface area contributed by atoms with Crippen LogP contribution in [0, 0.1) is 5.82 Å². The Morgan fingerprint density at radius 1 is 1.26 bits per heavy atom. The number of rotatable bonds is 6. The van der Waals surface area contributed by atoms with Gasteiger partial charge in [-0.1, -0.05) is 18.1 Å². The minimum Gasteiger partial charge on any atom is -0.358 e. The van der Waals surface area contributed by atoms with E-state index in [0.717, 1.165) is 37.2 Å². The number of H-pyrrole nitrogens is 1. The Morgan fingerprint density at radius 2 is 2.19 bits per heavy atom. The third kappa shape index (κ3) is 3.83. The summed E-state index contributed by atoms with van der Waals surface area (Å²) in [4.78, 5) is 15.0. The van der Waals surface area contributed by atoms with Crippen LogP contribution in [-0.4, -0.2) is 36.9 Å². The number of aryl methyl sites for hydroxylation is 1. The molecule has 0 spiro atoms. The third-order valence-corrected chi connectivity index (χ3v) is 5.28. The zero-order valence-electron chi connectivity index (χ0n) is 16.9. The average Bonchev–Trinajstić information content (AvgIpc) is 3.56. The average molecular weight is 420 g/mol. The van der Waals surface area contributed by atoms with Crippen LogP contribution in [0.5, 0.6) is 0 Å². The fourth-order valence-corrected chi connectivity index (χ4v) is 3.70. The molecule has 5 heterocycles. The number of aromatic nitrogens is 6. The van der Waals surface area contributed by atoms with Gasteiger partial charge in [0.1, 0.15) is 5.69 Å². The van der Waals surface area contributed by atoms with E-state index in [-0.39, 0.29) is 11.9 Å². The van der Waals surface area contributed by atoms with Gasteiger partial charge in [0.25, 0.3) is 0 Å². The number of nitrogens with one attached hydrogen (secondary N) is 2. The van der Waals surface area contributed by atoms with E-state index < -0.39 is 5.82 Å². The van der Waals surface area contributed by atoms with E-state index in [2.05, 4.69) is 35.6 Å². The Kier molecular flexibility index (Phi) is 5.03. The van der Waals surface area contributed by atoms with Crippen molar-refractivity contribution in [2.45, 2.75) is 32.2 Å². The molecular weight excluding hydrogens is 399 g/mol. The molecule has 1 aliphatic rings. The molecule has 4 aromatic rings. The molecule has 0 bridgehead atoms. The van der Waals surface area contributed by atoms with Crippen LogP contribution in [-0.2, 0) is 6.42 Å². The Bertz CT molecular complexity index is 1180. The van der Waals surface area contributed by atoms with E-state index in [1.54, 1.807) is 6.20 Å². The van der Waals surface area contributed by atoms with Gasteiger partial charge in [0.2, 0.25) is 5.95 Å². The van der Waals surface area contributed by atoms with Crippen LogP contribution in [0.3, 0.4) is 0 Å². The lowest BCUT2D eigenvalue weighted by Crippen LogP contribution is -2.24. The first-order chi connectivity index (χ1) is 15.2. The summed E-state index contributed by atoms with van der Waals surface area (Å²) in [5, 5.41) is 14.1. The summed E-state index contributed by atoms with van der Waals surface area (Å²) >= 11 is 0. The van der Waals surface area contributed by atoms with Crippen molar-refractivity contribution in [3.63, 3.8) is 0 Å². The zero-order valence-corrected chi connectivity index (χ0v) is 16.9. The van der Waals surface area contributed by atoms with E-state index in [1.165, 1.54) is 6.20 Å². The molecule has 1 aliphatic heterocycles. The molecule has 0 amide bonds. The largest absolute Gasteiger partial charge is 0.358 e. The SMILES string of the molecule is CCc1cc(Nc2nc(N3CCC[C@H]3c3cc(-c4ccccn4)no3)ncc2F)n[nH]1. The second-order valence-corrected chi connectivity index (χ2v) is 7.30. The van der Waals surface area contributed by atoms with Crippen molar-refractivity contribution in [1.82, 2.24) is 30.3 Å². The van der Waals surface area contributed by atoms with Gasteiger partial charge in [-0.2, -0.15) is 10.1 Å². The van der Waals surface area contributed by atoms with E-state index in [0.29, 0.717) is 23.2 Å². The molecular formula is C21H21FN8O. The summed E-state index contributed by atoms with van der Waals surface area (Å²) in [6.45, 7) is 2.74. The van der Waals surface area contributed by atoms with Gasteiger partial charge in [0.15, 0.2) is 23.2 Å². The first-order valence-corrected chi connectivity index (χ1v) is 10.2. The van der Waals surface area contributed by atoms with E-state index in [9.17, 15) is 4.39 Å². The predicted octanol–water partition coefficient (Wildman–Crippen LogP) is 4.04. The molecule has 158 valence electrons. The molecule has 2 N–H and O–H groups in total. The summed E-state index contributed by atoms with van der Waals surface area (Å²) in [5.74, 6) is 1.18. The highest BCUT2D eigenvalue weighted by atomic mass is 19.1. The lowest BCUT2D eigenvalue weighted by molar-refractivity contribution is 0.362. The molecule has 1 saturated heterocycles. The zero-order chi connectivity index (χ0) is 21.2. The highest BCUT2D eigenvalue weighted by Gasteiger charge is 2.32. The number of halogens is 1. The van der Waals surface area contributed by atoms with Gasteiger partial charge < -0.3 is 14.7 Å². The molecule has 0 unspecified atom stereocenters. The van der Waals surface area contributed by atoms with E-state index in [4.69, 9.17) is 4.52 Å². The molecule has 0 aromatic carbocycles. The van der Waals surface area contributed by atoms with Crippen molar-refractivity contribution in [1.29, 1.82) is 0 Å². The fraction of sp³-hybridized carbons (Fsp3) is 0.286. The maximum atomic E-state index is 14.4. The van der Waals surface area contributed by atoms with Crippen LogP contribution in [0.4, 0.5) is 22.0 Å². The van der Waals surface area contributed by atoms with Gasteiger partial charge in [-0.15, -0.1) is 0 Å². The van der Waals surface area contributed by atoms with Gasteiger partial charge in [-0.3, -0.25) is 10.1 Å². The van der Waals surface area contributed by atoms with Gasteiger partial charge in [-0.25, -0.2) is 9.37 Å². The predicted molar refractivity (Wildman–Crippen MR) is 112 cm³/mol. The Hall–Kier alpha value is -3.82. The summed E-state index contributed by atoms with van der Waals surface area (Å²) in [5.41, 5.74) is 2.37. The lowest BCUT2D eigenvalue weighted by atomic mass is 10.1. The summed E-state index contributed by atoms with van der Waals surface area (Å²) in [6, 6.07) is 9.28. The van der Waals surface area contributed by atoms with Gasteiger partial charge >= 0.3 is 0 Å². The molecule has 31 heavy (non-hydrogen) atoms. The van der Waals surface area contributed by atoms with Crippen LogP contribution in [0.25, 0.3) is 11.4 Å². The molecule has 10 heteroatoms. The number of pyridine rings is 1. The first kappa shape index (κ1) is 19.2. The third-order valence-electron chi connectivity index (χ3n) is 5.28. The fourth-order valence-electron chi connectivity index (χ4n) is 3.70. The maximum Gasteiger partial charge on any atom is 0.228 e. The van der Waals surface area contributed by atoms with Crippen LogP contribution in [0.2, 0.25) is 0 Å². The molecule has 9 nitrogen and oxygen atoms in total. The Morgan fingerprint density at radius 3 is 3.00 bits per heavy atom. The Balaban J connectivity index is 1.40. The van der Waals surface area contributed by atoms with Crippen molar-refractivity contribution >= 4 is 17.6 Å². The molecule has 5 rings (SSSR count). The van der Waals surface area contributed by atoms with Gasteiger partial charge in [-0.05, 0) is 31.4 Å². The van der Waals surface area contributed by atoms with Gasteiger partial charge in [0.05, 0.1) is 17.9 Å². The maximum absolute atomic E-state index is 14.4. The second-order valence-electron chi connectivity index (χ2n) is 7.30. The summed E-state index contributed by atoms with van der Waals surface area (Å²) in [6.07, 6.45) is 5.49. The van der Waals surface area contributed by atoms with Crippen LogP contribution >= 0.6 is 0 Å². The molecule has 0 saturated carbocycles. The second kappa shape index (κ2) is 8.13. The Labute approximate surface area is 177 Å². The molecule has 0 aliphatic carbocycles. The first-order valence-electron chi connectivity index (χ1n) is 10.2. The van der Waals surface area contributed by atoms with Crippen LogP contribution in [0.15, 0.2) is 47.2 Å². The lowest BCUT2D eigenvalue weighted by Gasteiger charge is -2.22. The van der Waals surface area contributed by atoms with Crippen LogP contribution in [0.1, 0.15) is 37.3 Å². The summed E-state index contributed by atoms with van der Waals surface area (Å²) < 4.78 is 20.0. The monoisotopic (exact) mass is 420 g/mol. The van der Waals surface area contributed by atoms with Crippen LogP contribution < -0.4 is 10.2 Å². The highest BCUT2D eigenvalue weighted by molar-refractivity contribution is 5.56. The topological polar surface area (TPSA) is 109 Å². The standard InChI is InChI=1S/C21H21FN8O/c1-2-13-10-19(28-27-13)25-20-14(22)12-24-21(26-20)30-9-5-7-17(30)18-11-16(29-31-18)15-6-3-4-8-23-15/h3-4,6,8,10-12,17H,2,5,7,9H2,1H3,(H2,24,25,26,27,28)/t17-/m0/s1. The van der Waals surface area contributed by atoms with E-state index in [1.807, 2.05) is 42.2 Å². The molecule has 1 atom stereocenters. The van der Waals surface area contributed by atoms with Gasteiger partial charge in [0, 0.05) is 30.6 Å². The minimum absolute atomic E-state index is 0.0801. The normalized spacial score (nSPS) is 16.1. The molecule has 1 fully saturated rings. The number of nitrogens with zero attached hydrogens (tertiary/aromatic N) is 6. The van der Waals surface area contributed by atoms with Crippen molar-refractivity contribution in [3.05, 3.63) is 60.0 Å².